The second kappa shape index (κ2) is 9.29. The summed E-state index contributed by atoms with van der Waals surface area (Å²) in [4.78, 5) is 20.2. The summed E-state index contributed by atoms with van der Waals surface area (Å²) in [6.45, 7) is 4.11. The molecule has 1 fully saturated rings. The van der Waals surface area contributed by atoms with Gasteiger partial charge in [0.1, 0.15) is 12.4 Å². The molecule has 0 aliphatic carbocycles. The van der Waals surface area contributed by atoms with Gasteiger partial charge in [0.15, 0.2) is 5.17 Å². The van der Waals surface area contributed by atoms with Crippen LogP contribution in [-0.4, -0.2) is 17.7 Å². The molecule has 0 N–H and O–H groups in total. The SMILES string of the molecule is C=CCOc1ccc(/C=C2\SC(=Nc3ccccc3)N(c3ccccc3)C2=O)cc1. The van der Waals surface area contributed by atoms with Crippen LogP contribution in [0.5, 0.6) is 5.75 Å². The molecule has 4 nitrogen and oxygen atoms in total. The number of carbonyl (C=O) groups excluding carboxylic acids is 1. The fourth-order valence-corrected chi connectivity index (χ4v) is 3.93. The maximum Gasteiger partial charge on any atom is 0.271 e. The summed E-state index contributed by atoms with van der Waals surface area (Å²) >= 11 is 1.37. The molecule has 1 heterocycles. The Morgan fingerprint density at radius 2 is 1.60 bits per heavy atom. The van der Waals surface area contributed by atoms with Crippen molar-refractivity contribution in [1.29, 1.82) is 0 Å². The molecule has 1 aliphatic heterocycles. The van der Waals surface area contributed by atoms with E-state index >= 15 is 0 Å². The standard InChI is InChI=1S/C25H20N2O2S/c1-2-17-29-22-15-13-19(14-16-22)18-23-24(28)27(21-11-7-4-8-12-21)25(30-23)26-20-9-5-3-6-10-20/h2-16,18H,1,17H2/b23-18-,26-25?. The lowest BCUT2D eigenvalue weighted by molar-refractivity contribution is -0.113. The summed E-state index contributed by atoms with van der Waals surface area (Å²) in [5, 5.41) is 0.634. The highest BCUT2D eigenvalue weighted by atomic mass is 32.2. The van der Waals surface area contributed by atoms with Crippen molar-refractivity contribution in [3.05, 3.63) is 108 Å². The Kier molecular flexibility index (Phi) is 6.11. The number of thioether (sulfide) groups is 1. The molecule has 0 radical (unpaired) electrons. The van der Waals surface area contributed by atoms with Gasteiger partial charge >= 0.3 is 0 Å². The molecule has 0 unspecified atom stereocenters. The molecule has 0 bridgehead atoms. The van der Waals surface area contributed by atoms with Gasteiger partial charge in [0.25, 0.3) is 5.91 Å². The van der Waals surface area contributed by atoms with Crippen LogP contribution in [-0.2, 0) is 4.79 Å². The highest BCUT2D eigenvalue weighted by molar-refractivity contribution is 8.19. The van der Waals surface area contributed by atoms with E-state index in [4.69, 9.17) is 9.73 Å². The van der Waals surface area contributed by atoms with Gasteiger partial charge in [-0.2, -0.15) is 0 Å². The van der Waals surface area contributed by atoms with Crippen LogP contribution in [0.15, 0.2) is 107 Å². The summed E-state index contributed by atoms with van der Waals surface area (Å²) in [6.07, 6.45) is 3.59. The van der Waals surface area contributed by atoms with Crippen LogP contribution >= 0.6 is 11.8 Å². The fraction of sp³-hybridized carbons (Fsp3) is 0.0400. The van der Waals surface area contributed by atoms with Crippen LogP contribution in [0.2, 0.25) is 0 Å². The van der Waals surface area contributed by atoms with Crippen LogP contribution in [0.25, 0.3) is 6.08 Å². The van der Waals surface area contributed by atoms with E-state index in [1.165, 1.54) is 11.8 Å². The number of hydrogen-bond donors (Lipinski definition) is 0. The molecule has 3 aromatic carbocycles. The van der Waals surface area contributed by atoms with E-state index < -0.39 is 0 Å². The number of amidine groups is 1. The molecule has 0 spiro atoms. The molecule has 30 heavy (non-hydrogen) atoms. The van der Waals surface area contributed by atoms with Crippen molar-refractivity contribution < 1.29 is 9.53 Å². The normalized spacial score (nSPS) is 16.3. The first-order valence-corrected chi connectivity index (χ1v) is 10.3. The highest BCUT2D eigenvalue weighted by Gasteiger charge is 2.34. The number of aliphatic imine (C=N–C) groups is 1. The average Bonchev–Trinajstić information content (AvgIpc) is 3.09. The van der Waals surface area contributed by atoms with E-state index in [1.54, 1.807) is 11.0 Å². The third-order valence-electron chi connectivity index (χ3n) is 4.35. The minimum atomic E-state index is -0.0899. The predicted molar refractivity (Wildman–Crippen MR) is 125 cm³/mol. The molecular weight excluding hydrogens is 392 g/mol. The molecule has 4 rings (SSSR count). The lowest BCUT2D eigenvalue weighted by Gasteiger charge is -2.15. The van der Waals surface area contributed by atoms with Gasteiger partial charge in [-0.05, 0) is 59.8 Å². The summed E-state index contributed by atoms with van der Waals surface area (Å²) in [5.41, 5.74) is 2.52. The van der Waals surface area contributed by atoms with E-state index in [9.17, 15) is 4.79 Å². The zero-order valence-corrected chi connectivity index (χ0v) is 17.1. The molecule has 1 aliphatic rings. The molecule has 3 aromatic rings. The average molecular weight is 413 g/mol. The van der Waals surface area contributed by atoms with Crippen molar-refractivity contribution in [2.24, 2.45) is 4.99 Å². The number of rotatable bonds is 6. The first-order valence-electron chi connectivity index (χ1n) is 9.51. The number of amides is 1. The first-order chi connectivity index (χ1) is 14.7. The molecule has 0 saturated carbocycles. The smallest absolute Gasteiger partial charge is 0.271 e. The second-order valence-corrected chi connectivity index (χ2v) is 7.49. The first kappa shape index (κ1) is 19.7. The van der Waals surface area contributed by atoms with Gasteiger partial charge in [-0.25, -0.2) is 4.99 Å². The monoisotopic (exact) mass is 412 g/mol. The predicted octanol–water partition coefficient (Wildman–Crippen LogP) is 6.06. The van der Waals surface area contributed by atoms with Gasteiger partial charge in [-0.3, -0.25) is 9.69 Å². The van der Waals surface area contributed by atoms with Crippen molar-refractivity contribution >= 4 is 40.3 Å². The summed E-state index contributed by atoms with van der Waals surface area (Å²) in [5.74, 6) is 0.674. The zero-order valence-electron chi connectivity index (χ0n) is 16.3. The number of para-hydroxylation sites is 2. The Bertz CT molecular complexity index is 1090. The fourth-order valence-electron chi connectivity index (χ4n) is 2.93. The van der Waals surface area contributed by atoms with Crippen LogP contribution in [0.1, 0.15) is 5.56 Å². The number of carbonyl (C=O) groups is 1. The van der Waals surface area contributed by atoms with Crippen LogP contribution < -0.4 is 9.64 Å². The maximum atomic E-state index is 13.2. The van der Waals surface area contributed by atoms with Gasteiger partial charge < -0.3 is 4.74 Å². The summed E-state index contributed by atoms with van der Waals surface area (Å²) < 4.78 is 5.52. The Hall–Kier alpha value is -3.57. The number of nitrogens with zero attached hydrogens (tertiary/aromatic N) is 2. The summed E-state index contributed by atoms with van der Waals surface area (Å²) in [7, 11) is 0. The number of benzene rings is 3. The molecule has 1 amide bonds. The van der Waals surface area contributed by atoms with Crippen molar-refractivity contribution in [3.8, 4) is 5.75 Å². The van der Waals surface area contributed by atoms with E-state index in [-0.39, 0.29) is 5.91 Å². The van der Waals surface area contributed by atoms with Crippen LogP contribution in [0.3, 0.4) is 0 Å². The minimum Gasteiger partial charge on any atom is -0.490 e. The molecular formula is C25H20N2O2S. The van der Waals surface area contributed by atoms with Gasteiger partial charge in [0, 0.05) is 0 Å². The van der Waals surface area contributed by atoms with Gasteiger partial charge in [0.05, 0.1) is 16.3 Å². The lowest BCUT2D eigenvalue weighted by Crippen LogP contribution is -2.28. The Morgan fingerprint density at radius 3 is 2.27 bits per heavy atom. The molecule has 1 saturated heterocycles. The third kappa shape index (κ3) is 4.53. The largest absolute Gasteiger partial charge is 0.490 e. The molecule has 148 valence electrons. The minimum absolute atomic E-state index is 0.0899. The highest BCUT2D eigenvalue weighted by Crippen LogP contribution is 2.37. The van der Waals surface area contributed by atoms with Crippen molar-refractivity contribution in [3.63, 3.8) is 0 Å². The molecule has 0 atom stereocenters. The Balaban J connectivity index is 1.66. The summed E-state index contributed by atoms with van der Waals surface area (Å²) in [6, 6.07) is 26.8. The van der Waals surface area contributed by atoms with E-state index in [1.807, 2.05) is 91.0 Å². The zero-order chi connectivity index (χ0) is 20.8. The van der Waals surface area contributed by atoms with Crippen molar-refractivity contribution in [2.45, 2.75) is 0 Å². The van der Waals surface area contributed by atoms with Gasteiger partial charge in [-0.1, -0.05) is 61.2 Å². The van der Waals surface area contributed by atoms with Crippen LogP contribution in [0, 0.1) is 0 Å². The van der Waals surface area contributed by atoms with Crippen molar-refractivity contribution in [2.75, 3.05) is 11.5 Å². The van der Waals surface area contributed by atoms with E-state index in [2.05, 4.69) is 6.58 Å². The third-order valence-corrected chi connectivity index (χ3v) is 5.32. The van der Waals surface area contributed by atoms with Gasteiger partial charge in [0.2, 0.25) is 0 Å². The lowest BCUT2D eigenvalue weighted by atomic mass is 10.2. The topological polar surface area (TPSA) is 41.9 Å². The molecule has 0 aromatic heterocycles. The Morgan fingerprint density at radius 1 is 0.933 bits per heavy atom. The quantitative estimate of drug-likeness (QED) is 0.365. The maximum absolute atomic E-state index is 13.2. The Labute approximate surface area is 180 Å². The second-order valence-electron chi connectivity index (χ2n) is 6.49. The number of hydrogen-bond acceptors (Lipinski definition) is 4. The van der Waals surface area contributed by atoms with Crippen molar-refractivity contribution in [1.82, 2.24) is 0 Å². The number of ether oxygens (including phenoxy) is 1. The number of anilines is 1. The van der Waals surface area contributed by atoms with Gasteiger partial charge in [-0.15, -0.1) is 0 Å². The van der Waals surface area contributed by atoms with Crippen LogP contribution in [0.4, 0.5) is 11.4 Å². The van der Waals surface area contributed by atoms with E-state index in [0.717, 1.165) is 22.7 Å². The molecule has 5 heteroatoms. The van der Waals surface area contributed by atoms with E-state index in [0.29, 0.717) is 16.7 Å².